The van der Waals surface area contributed by atoms with Crippen molar-refractivity contribution < 1.29 is 4.42 Å². The fourth-order valence-electron chi connectivity index (χ4n) is 8.48. The lowest BCUT2D eigenvalue weighted by Crippen LogP contribution is -2.10. The van der Waals surface area contributed by atoms with Crippen LogP contribution in [0.4, 0.5) is 17.1 Å². The summed E-state index contributed by atoms with van der Waals surface area (Å²) < 4.78 is 9.08. The Kier molecular flexibility index (Phi) is 7.82. The summed E-state index contributed by atoms with van der Waals surface area (Å²) in [5, 5.41) is 4.67. The highest BCUT2D eigenvalue weighted by atomic mass is 16.3. The van der Waals surface area contributed by atoms with Gasteiger partial charge in [0.05, 0.1) is 11.0 Å². The van der Waals surface area contributed by atoms with Gasteiger partial charge in [0.2, 0.25) is 0 Å². The minimum absolute atomic E-state index is 0.873. The molecule has 0 bridgehead atoms. The predicted molar refractivity (Wildman–Crippen MR) is 239 cm³/mol. The molecule has 0 saturated carbocycles. The van der Waals surface area contributed by atoms with E-state index in [9.17, 15) is 0 Å². The van der Waals surface area contributed by atoms with Crippen molar-refractivity contribution in [1.82, 2.24) is 4.57 Å². The largest absolute Gasteiger partial charge is 0.455 e. The van der Waals surface area contributed by atoms with E-state index in [-0.39, 0.29) is 0 Å². The van der Waals surface area contributed by atoms with Gasteiger partial charge in [-0.05, 0) is 94.5 Å². The third kappa shape index (κ3) is 5.68. The molecule has 268 valence electrons. The predicted octanol–water partition coefficient (Wildman–Crippen LogP) is 15.2. The Labute approximate surface area is 330 Å². The number of rotatable bonds is 7. The summed E-state index contributed by atoms with van der Waals surface area (Å²) in [4.78, 5) is 2.37. The molecular weight excluding hydrogens is 693 g/mol. The zero-order valence-corrected chi connectivity index (χ0v) is 31.1. The minimum Gasteiger partial charge on any atom is -0.455 e. The number of fused-ring (bicyclic) bond motifs is 6. The molecule has 0 unspecified atom stereocenters. The Morgan fingerprint density at radius 1 is 0.333 bits per heavy atom. The van der Waals surface area contributed by atoms with E-state index in [1.165, 1.54) is 38.5 Å². The van der Waals surface area contributed by atoms with Gasteiger partial charge in [-0.15, -0.1) is 0 Å². The van der Waals surface area contributed by atoms with Gasteiger partial charge in [-0.3, -0.25) is 0 Å². The van der Waals surface area contributed by atoms with Crippen LogP contribution in [0.1, 0.15) is 0 Å². The summed E-state index contributed by atoms with van der Waals surface area (Å²) in [5.41, 5.74) is 15.3. The van der Waals surface area contributed by atoms with Crippen LogP contribution in [0.25, 0.3) is 82.8 Å². The lowest BCUT2D eigenvalue weighted by atomic mass is 9.99. The molecule has 11 rings (SSSR count). The van der Waals surface area contributed by atoms with Gasteiger partial charge in [-0.25, -0.2) is 0 Å². The van der Waals surface area contributed by atoms with E-state index in [2.05, 4.69) is 222 Å². The number of para-hydroxylation sites is 3. The van der Waals surface area contributed by atoms with Crippen LogP contribution in [-0.2, 0) is 0 Å². The number of aromatic nitrogens is 1. The quantitative estimate of drug-likeness (QED) is 0.163. The van der Waals surface area contributed by atoms with Gasteiger partial charge in [0.15, 0.2) is 0 Å². The first-order valence-corrected chi connectivity index (χ1v) is 19.4. The molecule has 0 aliphatic rings. The zero-order valence-electron chi connectivity index (χ0n) is 31.1. The highest BCUT2D eigenvalue weighted by Crippen LogP contribution is 2.44. The summed E-state index contributed by atoms with van der Waals surface area (Å²) in [6.07, 6.45) is 0. The summed E-state index contributed by atoms with van der Waals surface area (Å²) in [5.74, 6) is 0. The Morgan fingerprint density at radius 2 is 0.877 bits per heavy atom. The number of hydrogen-bond acceptors (Lipinski definition) is 2. The van der Waals surface area contributed by atoms with Gasteiger partial charge < -0.3 is 13.9 Å². The van der Waals surface area contributed by atoms with Crippen LogP contribution in [0.5, 0.6) is 0 Å². The Bertz CT molecular complexity index is 3160. The van der Waals surface area contributed by atoms with E-state index < -0.39 is 0 Å². The number of hydrogen-bond donors (Lipinski definition) is 0. The van der Waals surface area contributed by atoms with Crippen molar-refractivity contribution in [3.8, 4) is 39.1 Å². The van der Waals surface area contributed by atoms with Crippen LogP contribution in [0.15, 0.2) is 223 Å². The van der Waals surface area contributed by atoms with E-state index in [1.807, 2.05) is 6.07 Å². The van der Waals surface area contributed by atoms with Crippen LogP contribution in [-0.4, -0.2) is 4.57 Å². The second-order valence-corrected chi connectivity index (χ2v) is 14.5. The van der Waals surface area contributed by atoms with Crippen molar-refractivity contribution in [2.45, 2.75) is 0 Å². The smallest absolute Gasteiger partial charge is 0.143 e. The van der Waals surface area contributed by atoms with E-state index in [1.54, 1.807) is 0 Å². The summed E-state index contributed by atoms with van der Waals surface area (Å²) >= 11 is 0. The van der Waals surface area contributed by atoms with Crippen LogP contribution in [0.3, 0.4) is 0 Å². The summed E-state index contributed by atoms with van der Waals surface area (Å²) in [6, 6.07) is 78.1. The van der Waals surface area contributed by atoms with Gasteiger partial charge in [-0.2, -0.15) is 0 Å². The van der Waals surface area contributed by atoms with Gasteiger partial charge in [0, 0.05) is 49.9 Å². The normalized spacial score (nSPS) is 11.5. The number of benzene rings is 9. The van der Waals surface area contributed by atoms with E-state index in [0.29, 0.717) is 0 Å². The molecule has 0 N–H and O–H groups in total. The SMILES string of the molecule is c1ccc(-c2ccc(N(c3cccc(-c4ccccc4)c3)c3cc(-c4ccc(-n5c6ccccc6c6ccccc65)cc4)c4oc5ccccc5c4c3)cc2)cc1. The number of furan rings is 1. The zero-order chi connectivity index (χ0) is 37.7. The van der Waals surface area contributed by atoms with Gasteiger partial charge >= 0.3 is 0 Å². The maximum Gasteiger partial charge on any atom is 0.143 e. The molecule has 2 aromatic heterocycles. The number of nitrogens with zero attached hydrogens (tertiary/aromatic N) is 2. The van der Waals surface area contributed by atoms with Crippen molar-refractivity contribution >= 4 is 60.8 Å². The van der Waals surface area contributed by atoms with E-state index in [0.717, 1.165) is 61.4 Å². The van der Waals surface area contributed by atoms with Crippen molar-refractivity contribution in [1.29, 1.82) is 0 Å². The molecule has 0 aliphatic carbocycles. The fraction of sp³-hybridized carbons (Fsp3) is 0. The second kappa shape index (κ2) is 13.6. The molecule has 3 nitrogen and oxygen atoms in total. The van der Waals surface area contributed by atoms with E-state index >= 15 is 0 Å². The second-order valence-electron chi connectivity index (χ2n) is 14.5. The lowest BCUT2D eigenvalue weighted by Gasteiger charge is -2.27. The molecule has 57 heavy (non-hydrogen) atoms. The average Bonchev–Trinajstić information content (AvgIpc) is 3.83. The Balaban J connectivity index is 1.11. The van der Waals surface area contributed by atoms with Crippen molar-refractivity contribution in [3.05, 3.63) is 218 Å². The first-order valence-electron chi connectivity index (χ1n) is 19.4. The van der Waals surface area contributed by atoms with Crippen molar-refractivity contribution in [2.75, 3.05) is 4.90 Å². The van der Waals surface area contributed by atoms with Gasteiger partial charge in [0.25, 0.3) is 0 Å². The topological polar surface area (TPSA) is 21.3 Å². The number of anilines is 3. The monoisotopic (exact) mass is 728 g/mol. The molecule has 0 radical (unpaired) electrons. The van der Waals surface area contributed by atoms with E-state index in [4.69, 9.17) is 4.42 Å². The first kappa shape index (κ1) is 32.8. The van der Waals surface area contributed by atoms with Crippen LogP contribution < -0.4 is 4.90 Å². The average molecular weight is 729 g/mol. The molecule has 0 atom stereocenters. The minimum atomic E-state index is 0.873. The molecule has 11 aromatic rings. The Morgan fingerprint density at radius 3 is 1.56 bits per heavy atom. The van der Waals surface area contributed by atoms with Gasteiger partial charge in [-0.1, -0.05) is 152 Å². The maximum absolute atomic E-state index is 6.72. The molecule has 9 aromatic carbocycles. The molecule has 0 amide bonds. The maximum atomic E-state index is 6.72. The molecule has 0 saturated heterocycles. The third-order valence-electron chi connectivity index (χ3n) is 11.2. The molecule has 0 aliphatic heterocycles. The fourth-order valence-corrected chi connectivity index (χ4v) is 8.48. The molecule has 0 spiro atoms. The first-order chi connectivity index (χ1) is 28.3. The highest BCUT2D eigenvalue weighted by Gasteiger charge is 2.21. The molecule has 0 fully saturated rings. The van der Waals surface area contributed by atoms with Crippen LogP contribution >= 0.6 is 0 Å². The van der Waals surface area contributed by atoms with Crippen LogP contribution in [0.2, 0.25) is 0 Å². The summed E-state index contributed by atoms with van der Waals surface area (Å²) in [7, 11) is 0. The Hall–Kier alpha value is -7.62. The molecule has 2 heterocycles. The molecular formula is C54H36N2O. The lowest BCUT2D eigenvalue weighted by molar-refractivity contribution is 0.670. The molecule has 3 heteroatoms. The third-order valence-corrected chi connectivity index (χ3v) is 11.2. The van der Waals surface area contributed by atoms with Gasteiger partial charge in [0.1, 0.15) is 11.2 Å². The highest BCUT2D eigenvalue weighted by molar-refractivity contribution is 6.12. The van der Waals surface area contributed by atoms with Crippen molar-refractivity contribution in [3.63, 3.8) is 0 Å². The summed E-state index contributed by atoms with van der Waals surface area (Å²) in [6.45, 7) is 0. The standard InChI is InChI=1S/C54H36N2O/c1-3-14-37(15-4-1)39-26-30-42(31-27-39)55(44-19-13-18-41(34-44)38-16-5-2-6-17-38)45-35-49(54-50(36-45)48-22-9-12-25-53(48)57-54)40-28-32-43(33-29-40)56-51-23-10-7-20-46(51)47-21-8-11-24-52(47)56/h1-36H. The van der Waals surface area contributed by atoms with Crippen molar-refractivity contribution in [2.24, 2.45) is 0 Å². The van der Waals surface area contributed by atoms with Crippen LogP contribution in [0, 0.1) is 0 Å².